The molecule has 2 heterocycles. The average molecular weight is 460 g/mol. The molecule has 2 N–H and O–H groups in total. The molecule has 0 saturated heterocycles. The molecule has 3 rings (SSSR count). The molecule has 0 aromatic carbocycles. The molecule has 0 spiro atoms. The van der Waals surface area contributed by atoms with Crippen molar-refractivity contribution in [3.05, 3.63) is 23.5 Å². The minimum Gasteiger partial charge on any atom is -0.489 e. The second kappa shape index (κ2) is 11.6. The average Bonchev–Trinajstić information content (AvgIpc) is 3.16. The molecule has 10 nitrogen and oxygen atoms in total. The molecule has 2 aromatic rings. The third-order valence-corrected chi connectivity index (χ3v) is 5.85. The summed E-state index contributed by atoms with van der Waals surface area (Å²) in [5, 5.41) is 20.4. The predicted octanol–water partition coefficient (Wildman–Crippen LogP) is 3.28. The van der Waals surface area contributed by atoms with Gasteiger partial charge < -0.3 is 19.9 Å². The molecule has 1 aliphatic carbocycles. The summed E-state index contributed by atoms with van der Waals surface area (Å²) in [7, 11) is 1.80. The summed E-state index contributed by atoms with van der Waals surface area (Å²) in [4.78, 5) is 27.7. The number of amides is 1. The molecule has 0 radical (unpaired) electrons. The maximum atomic E-state index is 11.8. The Labute approximate surface area is 193 Å². The normalized spacial score (nSPS) is 18.0. The van der Waals surface area contributed by atoms with Crippen LogP contribution in [0.15, 0.2) is 12.1 Å². The summed E-state index contributed by atoms with van der Waals surface area (Å²) in [6.45, 7) is 4.71. The van der Waals surface area contributed by atoms with Gasteiger partial charge in [0.15, 0.2) is 0 Å². The molecular weight excluding hydrogens is 426 g/mol. The van der Waals surface area contributed by atoms with Crippen molar-refractivity contribution in [2.45, 2.75) is 64.9 Å². The number of aliphatic carboxylic acids is 1. The minimum atomic E-state index is -0.757. The number of aromatic nitrogens is 4. The summed E-state index contributed by atoms with van der Waals surface area (Å²) in [5.74, 6) is -0.458. The van der Waals surface area contributed by atoms with Gasteiger partial charge in [0.25, 0.3) is 0 Å². The summed E-state index contributed by atoms with van der Waals surface area (Å²) >= 11 is 0. The van der Waals surface area contributed by atoms with E-state index in [-0.39, 0.29) is 12.0 Å². The van der Waals surface area contributed by atoms with Crippen molar-refractivity contribution < 1.29 is 24.2 Å². The van der Waals surface area contributed by atoms with Gasteiger partial charge in [-0.3, -0.25) is 9.48 Å². The Hall–Kier alpha value is -3.17. The van der Waals surface area contributed by atoms with E-state index in [2.05, 4.69) is 20.6 Å². The molecule has 1 fully saturated rings. The number of carbonyl (C=O) groups excluding carboxylic acids is 1. The van der Waals surface area contributed by atoms with Gasteiger partial charge in [-0.15, -0.1) is 5.10 Å². The number of carbonyl (C=O) groups is 2. The first-order valence-electron chi connectivity index (χ1n) is 11.6. The van der Waals surface area contributed by atoms with Crippen LogP contribution in [0.5, 0.6) is 5.75 Å². The topological polar surface area (TPSA) is 128 Å². The first kappa shape index (κ1) is 24.5. The fourth-order valence-corrected chi connectivity index (χ4v) is 3.96. The van der Waals surface area contributed by atoms with Crippen molar-refractivity contribution in [3.8, 4) is 17.1 Å². The molecule has 0 aliphatic heterocycles. The van der Waals surface area contributed by atoms with Gasteiger partial charge in [0.1, 0.15) is 11.4 Å². The Morgan fingerprint density at radius 3 is 2.85 bits per heavy atom. The number of carboxylic acid groups (broad SMARTS) is 1. The Balaban J connectivity index is 1.63. The number of rotatable bonds is 10. The Bertz CT molecular complexity index is 961. The second-order valence-corrected chi connectivity index (χ2v) is 8.40. The number of pyridine rings is 1. The standard InChI is InChI=1S/C23H33N5O5/c1-4-5-13-32-23(31)24-12-11-19-21(26-27-28(19)3)18-9-10-20(15(2)25-18)33-17-8-6-7-16(14-17)22(29)30/h9-10,16-17H,4-8,11-14H2,1-3H3,(H,24,31)(H,29,30)/t16-,17-/m0/s1. The molecule has 1 saturated carbocycles. The maximum Gasteiger partial charge on any atom is 0.407 e. The van der Waals surface area contributed by atoms with Crippen molar-refractivity contribution >= 4 is 12.1 Å². The van der Waals surface area contributed by atoms with Crippen molar-refractivity contribution in [1.29, 1.82) is 0 Å². The van der Waals surface area contributed by atoms with Gasteiger partial charge in [-0.05, 0) is 51.2 Å². The number of hydrogen-bond acceptors (Lipinski definition) is 7. The largest absolute Gasteiger partial charge is 0.489 e. The number of carboxylic acids is 1. The number of alkyl carbamates (subject to hydrolysis) is 1. The van der Waals surface area contributed by atoms with Gasteiger partial charge in [0, 0.05) is 20.0 Å². The molecule has 0 bridgehead atoms. The minimum absolute atomic E-state index is 0.124. The van der Waals surface area contributed by atoms with E-state index in [1.165, 1.54) is 0 Å². The van der Waals surface area contributed by atoms with E-state index in [9.17, 15) is 14.7 Å². The fraction of sp³-hybridized carbons (Fsp3) is 0.609. The van der Waals surface area contributed by atoms with E-state index in [1.54, 1.807) is 11.7 Å². The zero-order valence-electron chi connectivity index (χ0n) is 19.5. The Kier molecular flexibility index (Phi) is 8.62. The van der Waals surface area contributed by atoms with Crippen LogP contribution < -0.4 is 10.1 Å². The van der Waals surface area contributed by atoms with E-state index >= 15 is 0 Å². The first-order chi connectivity index (χ1) is 15.9. The van der Waals surface area contributed by atoms with Crippen LogP contribution in [-0.2, 0) is 23.0 Å². The maximum absolute atomic E-state index is 11.8. The van der Waals surface area contributed by atoms with Crippen LogP contribution >= 0.6 is 0 Å². The van der Waals surface area contributed by atoms with Gasteiger partial charge in [0.2, 0.25) is 0 Å². The number of nitrogens with one attached hydrogen (secondary N) is 1. The van der Waals surface area contributed by atoms with Gasteiger partial charge in [0.05, 0.1) is 35.7 Å². The third-order valence-electron chi connectivity index (χ3n) is 5.85. The third kappa shape index (κ3) is 6.66. The van der Waals surface area contributed by atoms with E-state index in [0.29, 0.717) is 55.2 Å². The Morgan fingerprint density at radius 1 is 1.30 bits per heavy atom. The number of hydrogen-bond donors (Lipinski definition) is 2. The highest BCUT2D eigenvalue weighted by Crippen LogP contribution is 2.30. The summed E-state index contributed by atoms with van der Waals surface area (Å²) in [6, 6.07) is 3.68. The van der Waals surface area contributed by atoms with Crippen molar-refractivity contribution in [1.82, 2.24) is 25.3 Å². The SMILES string of the molecule is CCCCOC(=O)NCCc1c(-c2ccc(O[C@H]3CCC[C@H](C(=O)O)C3)c(C)n2)nnn1C. The molecule has 2 aromatic heterocycles. The van der Waals surface area contributed by atoms with E-state index in [1.807, 2.05) is 26.0 Å². The van der Waals surface area contributed by atoms with E-state index in [4.69, 9.17) is 9.47 Å². The van der Waals surface area contributed by atoms with Gasteiger partial charge in [-0.1, -0.05) is 18.6 Å². The van der Waals surface area contributed by atoms with Gasteiger partial charge in [-0.2, -0.15) is 0 Å². The smallest absolute Gasteiger partial charge is 0.407 e. The van der Waals surface area contributed by atoms with Crippen LogP contribution in [0.2, 0.25) is 0 Å². The molecule has 10 heteroatoms. The molecule has 33 heavy (non-hydrogen) atoms. The monoisotopic (exact) mass is 459 g/mol. The van der Waals surface area contributed by atoms with Crippen LogP contribution in [0.25, 0.3) is 11.4 Å². The van der Waals surface area contributed by atoms with Crippen molar-refractivity contribution in [3.63, 3.8) is 0 Å². The molecular formula is C23H33N5O5. The van der Waals surface area contributed by atoms with Crippen LogP contribution in [-0.4, -0.2) is 56.4 Å². The van der Waals surface area contributed by atoms with Gasteiger partial charge >= 0.3 is 12.1 Å². The highest BCUT2D eigenvalue weighted by molar-refractivity contribution is 5.70. The summed E-state index contributed by atoms with van der Waals surface area (Å²) in [5.41, 5.74) is 2.87. The first-order valence-corrected chi connectivity index (χ1v) is 11.6. The number of unbranched alkanes of at least 4 members (excludes halogenated alkanes) is 1. The lowest BCUT2D eigenvalue weighted by Crippen LogP contribution is -2.29. The van der Waals surface area contributed by atoms with E-state index < -0.39 is 12.1 Å². The predicted molar refractivity (Wildman–Crippen MR) is 121 cm³/mol. The quantitative estimate of drug-likeness (QED) is 0.518. The molecule has 0 unspecified atom stereocenters. The lowest BCUT2D eigenvalue weighted by Gasteiger charge is -2.27. The lowest BCUT2D eigenvalue weighted by molar-refractivity contribution is -0.143. The summed E-state index contributed by atoms with van der Waals surface area (Å²) in [6.07, 6.45) is 4.68. The number of aryl methyl sites for hydroxylation is 2. The molecule has 180 valence electrons. The summed E-state index contributed by atoms with van der Waals surface area (Å²) < 4.78 is 12.9. The van der Waals surface area contributed by atoms with Crippen LogP contribution in [0.1, 0.15) is 56.8 Å². The highest BCUT2D eigenvalue weighted by atomic mass is 16.5. The highest BCUT2D eigenvalue weighted by Gasteiger charge is 2.28. The van der Waals surface area contributed by atoms with E-state index in [0.717, 1.165) is 31.4 Å². The van der Waals surface area contributed by atoms with Crippen molar-refractivity contribution in [2.75, 3.05) is 13.2 Å². The number of ether oxygens (including phenoxy) is 2. The Morgan fingerprint density at radius 2 is 2.12 bits per heavy atom. The molecule has 1 amide bonds. The van der Waals surface area contributed by atoms with Crippen LogP contribution in [0, 0.1) is 12.8 Å². The van der Waals surface area contributed by atoms with Crippen LogP contribution in [0.3, 0.4) is 0 Å². The van der Waals surface area contributed by atoms with Crippen LogP contribution in [0.4, 0.5) is 4.79 Å². The fourth-order valence-electron chi connectivity index (χ4n) is 3.96. The van der Waals surface area contributed by atoms with Gasteiger partial charge in [-0.25, -0.2) is 9.78 Å². The molecule has 2 atom stereocenters. The number of nitrogens with zero attached hydrogens (tertiary/aromatic N) is 4. The zero-order chi connectivity index (χ0) is 23.8. The molecule has 1 aliphatic rings. The second-order valence-electron chi connectivity index (χ2n) is 8.40. The lowest BCUT2D eigenvalue weighted by atomic mass is 9.87. The zero-order valence-corrected chi connectivity index (χ0v) is 19.5. The van der Waals surface area contributed by atoms with Crippen molar-refractivity contribution in [2.24, 2.45) is 13.0 Å².